The number of hydrogen-bond donors (Lipinski definition) is 0. The van der Waals surface area contributed by atoms with Crippen molar-refractivity contribution in [3.8, 4) is 32.4 Å². The molecule has 0 spiro atoms. The molecule has 0 bridgehead atoms. The van der Waals surface area contributed by atoms with E-state index in [1.165, 1.54) is 28.9 Å². The van der Waals surface area contributed by atoms with Crippen LogP contribution < -0.4 is 4.31 Å². The Hall–Kier alpha value is -2.55. The van der Waals surface area contributed by atoms with E-state index in [1.54, 1.807) is 11.3 Å². The van der Waals surface area contributed by atoms with Gasteiger partial charge in [0.2, 0.25) is 10.0 Å². The van der Waals surface area contributed by atoms with E-state index in [0.717, 1.165) is 21.0 Å². The van der Waals surface area contributed by atoms with Crippen LogP contribution in [0.5, 0.6) is 0 Å². The van der Waals surface area contributed by atoms with Crippen LogP contribution in [0.4, 0.5) is 5.82 Å². The maximum Gasteiger partial charge on any atom is 0.233 e. The number of aromatic nitrogens is 2. The van der Waals surface area contributed by atoms with E-state index in [4.69, 9.17) is 4.98 Å². The summed E-state index contributed by atoms with van der Waals surface area (Å²) in [6, 6.07) is 17.5. The molecule has 0 saturated heterocycles. The van der Waals surface area contributed by atoms with Gasteiger partial charge in [-0.05, 0) is 28.5 Å². The van der Waals surface area contributed by atoms with Gasteiger partial charge in [0.1, 0.15) is 0 Å². The Kier molecular flexibility index (Phi) is 5.01. The van der Waals surface area contributed by atoms with Crippen LogP contribution >= 0.6 is 22.7 Å². The first-order valence-corrected chi connectivity index (χ1v) is 12.0. The third-order valence-electron chi connectivity index (χ3n) is 4.24. The van der Waals surface area contributed by atoms with Crippen molar-refractivity contribution < 1.29 is 8.42 Å². The van der Waals surface area contributed by atoms with Gasteiger partial charge in [-0.1, -0.05) is 42.5 Å². The number of nitrogens with zero attached hydrogens (tertiary/aromatic N) is 3. The average molecular weight is 428 g/mol. The molecule has 0 saturated carbocycles. The quantitative estimate of drug-likeness (QED) is 0.450. The molecule has 4 rings (SSSR count). The summed E-state index contributed by atoms with van der Waals surface area (Å²) in [4.78, 5) is 11.4. The van der Waals surface area contributed by atoms with Crippen LogP contribution in [0, 0.1) is 0 Å². The summed E-state index contributed by atoms with van der Waals surface area (Å²) in [5, 5.41) is 3.94. The molecule has 0 radical (unpaired) electrons. The Morgan fingerprint density at radius 1 is 0.857 bits per heavy atom. The van der Waals surface area contributed by atoms with Gasteiger partial charge in [0.15, 0.2) is 11.6 Å². The monoisotopic (exact) mass is 427 g/mol. The van der Waals surface area contributed by atoms with Crippen molar-refractivity contribution in [2.45, 2.75) is 0 Å². The zero-order valence-corrected chi connectivity index (χ0v) is 17.7. The SMILES string of the molecule is CN(c1nc(-c2cccs2)nc(-c2cccs2)c1-c1ccccc1)S(C)(=O)=O. The second-order valence-corrected chi connectivity index (χ2v) is 10.1. The standard InChI is InChI=1S/C20H17N3O2S3/c1-23(28(2,24)25)20-17(14-8-4-3-5-9-14)18(15-10-6-12-26-15)21-19(22-20)16-11-7-13-27-16/h3-13H,1-2H3. The summed E-state index contributed by atoms with van der Waals surface area (Å²) in [5.41, 5.74) is 2.30. The van der Waals surface area contributed by atoms with E-state index in [1.807, 2.05) is 65.4 Å². The van der Waals surface area contributed by atoms with Gasteiger partial charge in [-0.15, -0.1) is 22.7 Å². The Morgan fingerprint density at radius 3 is 2.07 bits per heavy atom. The highest BCUT2D eigenvalue weighted by Crippen LogP contribution is 2.41. The van der Waals surface area contributed by atoms with Crippen LogP contribution in [-0.2, 0) is 10.0 Å². The summed E-state index contributed by atoms with van der Waals surface area (Å²) in [6.45, 7) is 0. The summed E-state index contributed by atoms with van der Waals surface area (Å²) in [5.74, 6) is 0.888. The molecule has 0 N–H and O–H groups in total. The zero-order chi connectivity index (χ0) is 19.7. The molecule has 0 aliphatic heterocycles. The fourth-order valence-electron chi connectivity index (χ4n) is 2.81. The minimum absolute atomic E-state index is 0.371. The van der Waals surface area contributed by atoms with Crippen LogP contribution in [0.25, 0.3) is 32.4 Å². The molecule has 4 aromatic rings. The summed E-state index contributed by atoms with van der Waals surface area (Å²) in [7, 11) is -1.98. The van der Waals surface area contributed by atoms with Crippen molar-refractivity contribution in [2.75, 3.05) is 17.6 Å². The number of hydrogen-bond acceptors (Lipinski definition) is 6. The lowest BCUT2D eigenvalue weighted by molar-refractivity contribution is 0.600. The molecule has 1 aromatic carbocycles. The lowest BCUT2D eigenvalue weighted by atomic mass is 10.0. The average Bonchev–Trinajstić information content (AvgIpc) is 3.40. The third kappa shape index (κ3) is 3.58. The predicted octanol–water partition coefficient (Wildman–Crippen LogP) is 5.00. The Balaban J connectivity index is 2.09. The molecule has 8 heteroatoms. The fraction of sp³-hybridized carbons (Fsp3) is 0.100. The van der Waals surface area contributed by atoms with Gasteiger partial charge in [0.25, 0.3) is 0 Å². The number of rotatable bonds is 5. The summed E-state index contributed by atoms with van der Waals surface area (Å²) >= 11 is 3.09. The molecule has 0 aliphatic carbocycles. The summed E-state index contributed by atoms with van der Waals surface area (Å²) in [6.07, 6.45) is 1.18. The van der Waals surface area contributed by atoms with Crippen molar-refractivity contribution in [2.24, 2.45) is 0 Å². The molecular formula is C20H17N3O2S3. The van der Waals surface area contributed by atoms with Crippen LogP contribution in [0.1, 0.15) is 0 Å². The van der Waals surface area contributed by atoms with Gasteiger partial charge in [-0.2, -0.15) is 0 Å². The maximum absolute atomic E-state index is 12.4. The van der Waals surface area contributed by atoms with E-state index in [0.29, 0.717) is 17.2 Å². The molecule has 0 atom stereocenters. The lowest BCUT2D eigenvalue weighted by Crippen LogP contribution is -2.27. The molecule has 3 aromatic heterocycles. The van der Waals surface area contributed by atoms with Crippen molar-refractivity contribution in [1.29, 1.82) is 0 Å². The van der Waals surface area contributed by atoms with Gasteiger partial charge in [-0.3, -0.25) is 4.31 Å². The van der Waals surface area contributed by atoms with Crippen LogP contribution in [0.15, 0.2) is 65.4 Å². The molecule has 0 unspecified atom stereocenters. The van der Waals surface area contributed by atoms with E-state index in [9.17, 15) is 8.42 Å². The first-order chi connectivity index (χ1) is 13.4. The van der Waals surface area contributed by atoms with Gasteiger partial charge in [0.05, 0.1) is 27.3 Å². The van der Waals surface area contributed by atoms with Gasteiger partial charge in [0, 0.05) is 7.05 Å². The molecule has 0 fully saturated rings. The van der Waals surface area contributed by atoms with Crippen LogP contribution in [0.3, 0.4) is 0 Å². The molecule has 142 valence electrons. The normalized spacial score (nSPS) is 11.5. The Morgan fingerprint density at radius 2 is 1.50 bits per heavy atom. The predicted molar refractivity (Wildman–Crippen MR) is 117 cm³/mol. The van der Waals surface area contributed by atoms with Crippen molar-refractivity contribution in [3.05, 3.63) is 65.4 Å². The zero-order valence-electron chi connectivity index (χ0n) is 15.2. The minimum Gasteiger partial charge on any atom is -0.256 e. The maximum atomic E-state index is 12.4. The van der Waals surface area contributed by atoms with Crippen molar-refractivity contribution >= 4 is 38.5 Å². The van der Waals surface area contributed by atoms with Crippen molar-refractivity contribution in [3.63, 3.8) is 0 Å². The highest BCUT2D eigenvalue weighted by atomic mass is 32.2. The highest BCUT2D eigenvalue weighted by Gasteiger charge is 2.25. The number of sulfonamides is 1. The van der Waals surface area contributed by atoms with E-state index >= 15 is 0 Å². The first kappa shape index (κ1) is 18.8. The number of benzene rings is 1. The van der Waals surface area contributed by atoms with Crippen LogP contribution in [-0.4, -0.2) is 31.7 Å². The van der Waals surface area contributed by atoms with Gasteiger partial charge >= 0.3 is 0 Å². The smallest absolute Gasteiger partial charge is 0.233 e. The second kappa shape index (κ2) is 7.46. The molecule has 0 amide bonds. The number of anilines is 1. The lowest BCUT2D eigenvalue weighted by Gasteiger charge is -2.22. The van der Waals surface area contributed by atoms with Gasteiger partial charge in [-0.25, -0.2) is 18.4 Å². The second-order valence-electron chi connectivity index (χ2n) is 6.15. The topological polar surface area (TPSA) is 63.2 Å². The molecule has 0 aliphatic rings. The van der Waals surface area contributed by atoms with Crippen molar-refractivity contribution in [1.82, 2.24) is 9.97 Å². The van der Waals surface area contributed by atoms with E-state index in [-0.39, 0.29) is 0 Å². The van der Waals surface area contributed by atoms with E-state index < -0.39 is 10.0 Å². The Labute approximate surface area is 172 Å². The third-order valence-corrected chi connectivity index (χ3v) is 7.15. The largest absolute Gasteiger partial charge is 0.256 e. The molecular weight excluding hydrogens is 410 g/mol. The Bertz CT molecular complexity index is 1190. The minimum atomic E-state index is -3.51. The molecule has 3 heterocycles. The first-order valence-electron chi connectivity index (χ1n) is 8.44. The highest BCUT2D eigenvalue weighted by molar-refractivity contribution is 7.92. The molecule has 28 heavy (non-hydrogen) atoms. The van der Waals surface area contributed by atoms with Crippen LogP contribution in [0.2, 0.25) is 0 Å². The fourth-order valence-corrected chi connectivity index (χ4v) is 4.64. The molecule has 5 nitrogen and oxygen atoms in total. The van der Waals surface area contributed by atoms with Gasteiger partial charge < -0.3 is 0 Å². The number of thiophene rings is 2. The van der Waals surface area contributed by atoms with E-state index in [2.05, 4.69) is 4.98 Å². The summed E-state index contributed by atoms with van der Waals surface area (Å²) < 4.78 is 26.0.